The van der Waals surface area contributed by atoms with Gasteiger partial charge in [0.2, 0.25) is 0 Å². The van der Waals surface area contributed by atoms with Gasteiger partial charge in [-0.15, -0.1) is 11.3 Å². The van der Waals surface area contributed by atoms with E-state index >= 15 is 0 Å². The molecular formula is C12H23N3S. The molecule has 0 amide bonds. The molecule has 0 aliphatic heterocycles. The van der Waals surface area contributed by atoms with Crippen LogP contribution in [0.2, 0.25) is 0 Å². The number of rotatable bonds is 7. The second-order valence-electron chi connectivity index (χ2n) is 4.56. The molecule has 3 nitrogen and oxygen atoms in total. The van der Waals surface area contributed by atoms with Gasteiger partial charge in [0, 0.05) is 18.0 Å². The molecule has 0 fully saturated rings. The quantitative estimate of drug-likeness (QED) is 0.742. The van der Waals surface area contributed by atoms with E-state index in [1.807, 2.05) is 0 Å². The zero-order chi connectivity index (χ0) is 12.0. The van der Waals surface area contributed by atoms with E-state index in [9.17, 15) is 0 Å². The van der Waals surface area contributed by atoms with E-state index in [-0.39, 0.29) is 0 Å². The molecule has 92 valence electrons. The maximum atomic E-state index is 4.47. The summed E-state index contributed by atoms with van der Waals surface area (Å²) in [6.07, 6.45) is 1.19. The minimum Gasteiger partial charge on any atom is -0.314 e. The molecule has 0 aliphatic carbocycles. The van der Waals surface area contributed by atoms with Crippen LogP contribution in [0.1, 0.15) is 31.0 Å². The summed E-state index contributed by atoms with van der Waals surface area (Å²) in [5, 5.41) is 6.74. The highest BCUT2D eigenvalue weighted by atomic mass is 32.1. The van der Waals surface area contributed by atoms with Gasteiger partial charge >= 0.3 is 0 Å². The third kappa shape index (κ3) is 5.58. The number of thiazole rings is 1. The van der Waals surface area contributed by atoms with Crippen molar-refractivity contribution >= 4 is 11.3 Å². The summed E-state index contributed by atoms with van der Waals surface area (Å²) in [5.41, 5.74) is 1.20. The molecule has 0 unspecified atom stereocenters. The van der Waals surface area contributed by atoms with Crippen LogP contribution >= 0.6 is 11.3 Å². The minimum atomic E-state index is 0.589. The average molecular weight is 241 g/mol. The Labute approximate surface area is 103 Å². The number of nitrogens with one attached hydrogen (secondary N) is 1. The Morgan fingerprint density at radius 2 is 2.25 bits per heavy atom. The largest absolute Gasteiger partial charge is 0.314 e. The molecular weight excluding hydrogens is 218 g/mol. The summed E-state index contributed by atoms with van der Waals surface area (Å²) in [5.74, 6) is 0. The van der Waals surface area contributed by atoms with Gasteiger partial charge < -0.3 is 10.2 Å². The molecule has 0 saturated heterocycles. The first-order chi connectivity index (χ1) is 7.58. The number of nitrogens with zero attached hydrogens (tertiary/aromatic N) is 2. The highest BCUT2D eigenvalue weighted by Gasteiger charge is 2.03. The van der Waals surface area contributed by atoms with E-state index < -0.39 is 0 Å². The monoisotopic (exact) mass is 241 g/mol. The summed E-state index contributed by atoms with van der Waals surface area (Å²) in [7, 11) is 2.16. The molecule has 1 N–H and O–H groups in total. The zero-order valence-electron chi connectivity index (χ0n) is 10.8. The van der Waals surface area contributed by atoms with Gasteiger partial charge in [-0.05, 0) is 33.5 Å². The lowest BCUT2D eigenvalue weighted by Crippen LogP contribution is -2.27. The maximum absolute atomic E-state index is 4.47. The minimum absolute atomic E-state index is 0.589. The summed E-state index contributed by atoms with van der Waals surface area (Å²) in [6.45, 7) is 9.60. The molecule has 0 atom stereocenters. The molecule has 4 heteroatoms. The molecule has 1 heterocycles. The lowest BCUT2D eigenvalue weighted by atomic mass is 10.3. The average Bonchev–Trinajstić information content (AvgIpc) is 2.58. The van der Waals surface area contributed by atoms with Crippen LogP contribution < -0.4 is 5.32 Å². The topological polar surface area (TPSA) is 28.2 Å². The third-order valence-electron chi connectivity index (χ3n) is 2.37. The summed E-state index contributed by atoms with van der Waals surface area (Å²) in [4.78, 5) is 6.80. The summed E-state index contributed by atoms with van der Waals surface area (Å²) >= 11 is 1.73. The van der Waals surface area contributed by atoms with E-state index in [0.717, 1.165) is 24.6 Å². The molecule has 1 aromatic heterocycles. The fourth-order valence-electron chi connectivity index (χ4n) is 1.58. The van der Waals surface area contributed by atoms with Crippen molar-refractivity contribution < 1.29 is 0 Å². The maximum Gasteiger partial charge on any atom is 0.0897 e. The second-order valence-corrected chi connectivity index (χ2v) is 5.62. The molecule has 1 aromatic rings. The van der Waals surface area contributed by atoms with Gasteiger partial charge in [0.15, 0.2) is 0 Å². The number of aromatic nitrogens is 1. The van der Waals surface area contributed by atoms with Crippen LogP contribution in [0.5, 0.6) is 0 Å². The fourth-order valence-corrected chi connectivity index (χ4v) is 2.18. The highest BCUT2D eigenvalue weighted by Crippen LogP contribution is 2.09. The lowest BCUT2D eigenvalue weighted by molar-refractivity contribution is 0.315. The predicted molar refractivity (Wildman–Crippen MR) is 70.9 cm³/mol. The molecule has 0 radical (unpaired) electrons. The van der Waals surface area contributed by atoms with Gasteiger partial charge in [-0.3, -0.25) is 0 Å². The van der Waals surface area contributed by atoms with Crippen molar-refractivity contribution in [3.05, 3.63) is 16.1 Å². The van der Waals surface area contributed by atoms with Gasteiger partial charge in [0.05, 0.1) is 10.7 Å². The van der Waals surface area contributed by atoms with Gasteiger partial charge in [0.1, 0.15) is 0 Å². The SMILES string of the molecule is Cc1nc(CN(C)CCCNC(C)C)cs1. The van der Waals surface area contributed by atoms with Gasteiger partial charge in [0.25, 0.3) is 0 Å². The number of aryl methyl sites for hydroxylation is 1. The first-order valence-corrected chi connectivity index (χ1v) is 6.79. The summed E-state index contributed by atoms with van der Waals surface area (Å²) < 4.78 is 0. The van der Waals surface area contributed by atoms with E-state index in [1.165, 1.54) is 12.1 Å². The lowest BCUT2D eigenvalue weighted by Gasteiger charge is -2.16. The van der Waals surface area contributed by atoms with Crippen LogP contribution in [-0.2, 0) is 6.54 Å². The first-order valence-electron chi connectivity index (χ1n) is 5.91. The van der Waals surface area contributed by atoms with Gasteiger partial charge in [-0.2, -0.15) is 0 Å². The normalized spacial score (nSPS) is 11.6. The second kappa shape index (κ2) is 6.99. The van der Waals surface area contributed by atoms with E-state index in [1.54, 1.807) is 11.3 Å². The van der Waals surface area contributed by atoms with Crippen LogP contribution in [0.3, 0.4) is 0 Å². The predicted octanol–water partition coefficient (Wildman–Crippen LogP) is 2.27. The number of hydrogen-bond acceptors (Lipinski definition) is 4. The third-order valence-corrected chi connectivity index (χ3v) is 3.19. The molecule has 16 heavy (non-hydrogen) atoms. The van der Waals surface area contributed by atoms with Crippen LogP contribution in [-0.4, -0.2) is 36.1 Å². The summed E-state index contributed by atoms with van der Waals surface area (Å²) in [6, 6.07) is 0.589. The van der Waals surface area contributed by atoms with Crippen molar-refractivity contribution in [1.82, 2.24) is 15.2 Å². The first kappa shape index (κ1) is 13.6. The molecule has 0 aliphatic rings. The number of hydrogen-bond donors (Lipinski definition) is 1. The molecule has 0 aromatic carbocycles. The molecule has 0 bridgehead atoms. The Bertz CT molecular complexity index is 296. The van der Waals surface area contributed by atoms with Crippen molar-refractivity contribution in [3.8, 4) is 0 Å². The van der Waals surface area contributed by atoms with E-state index in [4.69, 9.17) is 0 Å². The van der Waals surface area contributed by atoms with Crippen molar-refractivity contribution in [2.75, 3.05) is 20.1 Å². The standard InChI is InChI=1S/C12H23N3S/c1-10(2)13-6-5-7-15(4)8-12-9-16-11(3)14-12/h9-10,13H,5-8H2,1-4H3. The fraction of sp³-hybridized carbons (Fsp3) is 0.750. The smallest absolute Gasteiger partial charge is 0.0897 e. The molecule has 0 spiro atoms. The van der Waals surface area contributed by atoms with Crippen molar-refractivity contribution in [2.24, 2.45) is 0 Å². The zero-order valence-corrected chi connectivity index (χ0v) is 11.6. The van der Waals surface area contributed by atoms with Gasteiger partial charge in [-0.1, -0.05) is 13.8 Å². The van der Waals surface area contributed by atoms with Crippen molar-refractivity contribution in [3.63, 3.8) is 0 Å². The van der Waals surface area contributed by atoms with E-state index in [2.05, 4.69) is 48.4 Å². The van der Waals surface area contributed by atoms with Crippen LogP contribution in [0.25, 0.3) is 0 Å². The highest BCUT2D eigenvalue weighted by molar-refractivity contribution is 7.09. The van der Waals surface area contributed by atoms with Crippen molar-refractivity contribution in [1.29, 1.82) is 0 Å². The Morgan fingerprint density at radius 1 is 1.50 bits per heavy atom. The van der Waals surface area contributed by atoms with Crippen LogP contribution in [0.4, 0.5) is 0 Å². The van der Waals surface area contributed by atoms with Crippen LogP contribution in [0.15, 0.2) is 5.38 Å². The van der Waals surface area contributed by atoms with Crippen molar-refractivity contribution in [2.45, 2.75) is 39.8 Å². The Morgan fingerprint density at radius 3 is 2.81 bits per heavy atom. The van der Waals surface area contributed by atoms with E-state index in [0.29, 0.717) is 6.04 Å². The van der Waals surface area contributed by atoms with Crippen LogP contribution in [0, 0.1) is 6.92 Å². The van der Waals surface area contributed by atoms with Gasteiger partial charge in [-0.25, -0.2) is 4.98 Å². The molecule has 1 rings (SSSR count). The molecule has 0 saturated carbocycles. The Balaban J connectivity index is 2.13. The Hall–Kier alpha value is -0.450. The Kier molecular flexibility index (Phi) is 5.95.